The molecule has 1 aliphatic carbocycles. The number of hydrogen-bond acceptors (Lipinski definition) is 2. The molecule has 1 atom stereocenters. The van der Waals surface area contributed by atoms with Crippen LogP contribution in [-0.4, -0.2) is 30.1 Å². The molecule has 74 valence electrons. The minimum absolute atomic E-state index is 0.0683. The molecule has 0 aromatic rings. The highest BCUT2D eigenvalue weighted by Crippen LogP contribution is 2.30. The molecule has 0 aromatic carbocycles. The summed E-state index contributed by atoms with van der Waals surface area (Å²) in [6.07, 6.45) is 2.63. The Morgan fingerprint density at radius 3 is 2.69 bits per heavy atom. The molecule has 1 amide bonds. The first-order chi connectivity index (χ1) is 6.18. The van der Waals surface area contributed by atoms with Gasteiger partial charge in [-0.2, -0.15) is 0 Å². The summed E-state index contributed by atoms with van der Waals surface area (Å²) in [5.41, 5.74) is 0. The first-order valence-corrected chi connectivity index (χ1v) is 5.20. The van der Waals surface area contributed by atoms with E-state index in [0.717, 1.165) is 19.1 Å². The van der Waals surface area contributed by atoms with Crippen molar-refractivity contribution in [1.29, 1.82) is 0 Å². The molecule has 0 bridgehead atoms. The Labute approximate surface area is 79.5 Å². The summed E-state index contributed by atoms with van der Waals surface area (Å²) in [5.74, 6) is 1.52. The molecule has 1 saturated carbocycles. The van der Waals surface area contributed by atoms with E-state index >= 15 is 0 Å². The van der Waals surface area contributed by atoms with E-state index in [4.69, 9.17) is 0 Å². The van der Waals surface area contributed by atoms with Gasteiger partial charge >= 0.3 is 0 Å². The Bertz CT molecular complexity index is 211. The van der Waals surface area contributed by atoms with E-state index in [1.165, 1.54) is 12.8 Å². The lowest BCUT2D eigenvalue weighted by Crippen LogP contribution is -2.35. The van der Waals surface area contributed by atoms with E-state index in [1.54, 1.807) is 0 Å². The zero-order valence-electron chi connectivity index (χ0n) is 8.42. The highest BCUT2D eigenvalue weighted by atomic mass is 16.2. The molecule has 1 aliphatic heterocycles. The maximum absolute atomic E-state index is 11.8. The maximum Gasteiger partial charge on any atom is 0.241 e. The third kappa shape index (κ3) is 1.85. The fourth-order valence-electron chi connectivity index (χ4n) is 1.86. The number of carbonyl (C=O) groups excluding carboxylic acids is 1. The molecular formula is C10H18N2O. The summed E-state index contributed by atoms with van der Waals surface area (Å²) >= 11 is 0. The van der Waals surface area contributed by atoms with E-state index in [-0.39, 0.29) is 6.04 Å². The van der Waals surface area contributed by atoms with Crippen molar-refractivity contribution < 1.29 is 4.79 Å². The van der Waals surface area contributed by atoms with Crippen LogP contribution in [0.4, 0.5) is 0 Å². The first kappa shape index (κ1) is 9.00. The number of rotatable bonds is 3. The Morgan fingerprint density at radius 1 is 1.54 bits per heavy atom. The van der Waals surface area contributed by atoms with Crippen molar-refractivity contribution in [2.45, 2.75) is 32.7 Å². The van der Waals surface area contributed by atoms with Crippen molar-refractivity contribution in [2.75, 3.05) is 13.2 Å². The fourth-order valence-corrected chi connectivity index (χ4v) is 1.86. The monoisotopic (exact) mass is 182 g/mol. The Kier molecular flexibility index (Phi) is 2.28. The average molecular weight is 182 g/mol. The quantitative estimate of drug-likeness (QED) is 0.700. The molecule has 0 aromatic heterocycles. The van der Waals surface area contributed by atoms with Gasteiger partial charge in [0.25, 0.3) is 0 Å². The Balaban J connectivity index is 1.89. The molecule has 1 heterocycles. The number of nitrogens with zero attached hydrogens (tertiary/aromatic N) is 1. The highest BCUT2D eigenvalue weighted by molar-refractivity contribution is 5.84. The summed E-state index contributed by atoms with van der Waals surface area (Å²) in [4.78, 5) is 13.7. The van der Waals surface area contributed by atoms with Gasteiger partial charge in [0.2, 0.25) is 5.91 Å². The van der Waals surface area contributed by atoms with Gasteiger partial charge in [0.05, 0.1) is 12.7 Å². The minimum Gasteiger partial charge on any atom is -0.328 e. The van der Waals surface area contributed by atoms with Gasteiger partial charge in [-0.3, -0.25) is 10.1 Å². The minimum atomic E-state index is 0.0683. The van der Waals surface area contributed by atoms with Crippen LogP contribution in [-0.2, 0) is 4.79 Å². The molecule has 1 N–H and O–H groups in total. The number of hydrogen-bond donors (Lipinski definition) is 1. The van der Waals surface area contributed by atoms with Gasteiger partial charge in [0.1, 0.15) is 0 Å². The van der Waals surface area contributed by atoms with Gasteiger partial charge in [-0.1, -0.05) is 13.8 Å². The van der Waals surface area contributed by atoms with Gasteiger partial charge < -0.3 is 4.90 Å². The first-order valence-electron chi connectivity index (χ1n) is 5.20. The molecule has 0 spiro atoms. The second-order valence-corrected chi connectivity index (χ2v) is 4.59. The molecule has 1 unspecified atom stereocenters. The van der Waals surface area contributed by atoms with Crippen LogP contribution in [0.25, 0.3) is 0 Å². The third-order valence-electron chi connectivity index (χ3n) is 2.92. The summed E-state index contributed by atoms with van der Waals surface area (Å²) in [6, 6.07) is 0.0683. The van der Waals surface area contributed by atoms with Crippen LogP contribution in [0.2, 0.25) is 0 Å². The Hall–Kier alpha value is -0.570. The van der Waals surface area contributed by atoms with Crippen LogP contribution in [0.1, 0.15) is 26.7 Å². The predicted molar refractivity (Wildman–Crippen MR) is 51.1 cm³/mol. The summed E-state index contributed by atoms with van der Waals surface area (Å²) in [6.45, 7) is 5.93. The summed E-state index contributed by atoms with van der Waals surface area (Å²) in [7, 11) is 0. The van der Waals surface area contributed by atoms with Gasteiger partial charge in [0, 0.05) is 6.54 Å². The molecule has 1 saturated heterocycles. The third-order valence-corrected chi connectivity index (χ3v) is 2.92. The van der Waals surface area contributed by atoms with Crippen LogP contribution in [0.3, 0.4) is 0 Å². The van der Waals surface area contributed by atoms with Crippen LogP contribution < -0.4 is 5.32 Å². The maximum atomic E-state index is 11.8. The smallest absolute Gasteiger partial charge is 0.241 e. The largest absolute Gasteiger partial charge is 0.328 e. The predicted octanol–water partition coefficient (Wildman–Crippen LogP) is 0.810. The topological polar surface area (TPSA) is 32.3 Å². The van der Waals surface area contributed by atoms with E-state index < -0.39 is 0 Å². The highest BCUT2D eigenvalue weighted by Gasteiger charge is 2.35. The van der Waals surface area contributed by atoms with E-state index in [9.17, 15) is 4.79 Å². The fraction of sp³-hybridized carbons (Fsp3) is 0.900. The molecule has 0 radical (unpaired) electrons. The molecule has 2 fully saturated rings. The molecule has 3 nitrogen and oxygen atoms in total. The van der Waals surface area contributed by atoms with Crippen molar-refractivity contribution in [1.82, 2.24) is 10.2 Å². The molecule has 2 rings (SSSR count). The van der Waals surface area contributed by atoms with E-state index in [1.807, 2.05) is 4.90 Å². The second kappa shape index (κ2) is 3.29. The van der Waals surface area contributed by atoms with Gasteiger partial charge in [-0.15, -0.1) is 0 Å². The lowest BCUT2D eigenvalue weighted by molar-refractivity contribution is -0.129. The zero-order chi connectivity index (χ0) is 9.42. The molecule has 13 heavy (non-hydrogen) atoms. The van der Waals surface area contributed by atoms with Crippen LogP contribution in [0.5, 0.6) is 0 Å². The van der Waals surface area contributed by atoms with Crippen molar-refractivity contribution in [3.05, 3.63) is 0 Å². The van der Waals surface area contributed by atoms with E-state index in [0.29, 0.717) is 11.8 Å². The molecular weight excluding hydrogens is 164 g/mol. The normalized spacial score (nSPS) is 29.0. The van der Waals surface area contributed by atoms with Gasteiger partial charge in [-0.05, 0) is 24.7 Å². The summed E-state index contributed by atoms with van der Waals surface area (Å²) < 4.78 is 0. The van der Waals surface area contributed by atoms with Crippen LogP contribution >= 0.6 is 0 Å². The standard InChI is InChI=1S/C10H18N2O/c1-7(2)9-10(13)12(6-11-9)5-8-3-4-8/h7-9,11H,3-6H2,1-2H3. The van der Waals surface area contributed by atoms with Crippen LogP contribution in [0, 0.1) is 11.8 Å². The van der Waals surface area contributed by atoms with Gasteiger partial charge in [0.15, 0.2) is 0 Å². The number of carbonyl (C=O) groups is 1. The second-order valence-electron chi connectivity index (χ2n) is 4.59. The van der Waals surface area contributed by atoms with Crippen LogP contribution in [0.15, 0.2) is 0 Å². The molecule has 2 aliphatic rings. The lowest BCUT2D eigenvalue weighted by atomic mass is 10.1. The lowest BCUT2D eigenvalue weighted by Gasteiger charge is -2.15. The van der Waals surface area contributed by atoms with Gasteiger partial charge in [-0.25, -0.2) is 0 Å². The number of amides is 1. The Morgan fingerprint density at radius 2 is 2.23 bits per heavy atom. The van der Waals surface area contributed by atoms with Crippen molar-refractivity contribution in [3.63, 3.8) is 0 Å². The number of nitrogens with one attached hydrogen (secondary N) is 1. The van der Waals surface area contributed by atoms with Crippen molar-refractivity contribution in [2.24, 2.45) is 11.8 Å². The van der Waals surface area contributed by atoms with Crippen molar-refractivity contribution >= 4 is 5.91 Å². The average Bonchev–Trinajstić information content (AvgIpc) is 2.78. The summed E-state index contributed by atoms with van der Waals surface area (Å²) in [5, 5.41) is 3.27. The van der Waals surface area contributed by atoms with Crippen molar-refractivity contribution in [3.8, 4) is 0 Å². The van der Waals surface area contributed by atoms with E-state index in [2.05, 4.69) is 19.2 Å². The zero-order valence-corrected chi connectivity index (χ0v) is 8.42. The molecule has 3 heteroatoms. The SMILES string of the molecule is CC(C)C1NCN(CC2CC2)C1=O.